The smallest absolute Gasteiger partial charge is 0.176 e. The van der Waals surface area contributed by atoms with E-state index in [0.29, 0.717) is 5.56 Å². The van der Waals surface area contributed by atoms with Gasteiger partial charge in [-0.3, -0.25) is 0 Å². The second-order valence-corrected chi connectivity index (χ2v) is 3.47. The maximum Gasteiger partial charge on any atom is 0.176 e. The van der Waals surface area contributed by atoms with Crippen molar-refractivity contribution in [1.29, 1.82) is 0 Å². The highest BCUT2D eigenvalue weighted by molar-refractivity contribution is 5.33. The highest BCUT2D eigenvalue weighted by Crippen LogP contribution is 2.27. The average molecular weight is 243 g/mol. The van der Waals surface area contributed by atoms with E-state index in [2.05, 4.69) is 5.32 Å². The van der Waals surface area contributed by atoms with Crippen LogP contribution < -0.4 is 10.1 Å². The number of ether oxygens (including phenoxy) is 3. The van der Waals surface area contributed by atoms with Gasteiger partial charge in [-0.05, 0) is 13.1 Å². The molecule has 0 amide bonds. The van der Waals surface area contributed by atoms with Gasteiger partial charge in [0.15, 0.2) is 17.9 Å². The van der Waals surface area contributed by atoms with Gasteiger partial charge >= 0.3 is 0 Å². The van der Waals surface area contributed by atoms with Gasteiger partial charge in [0.05, 0.1) is 13.2 Å². The minimum Gasteiger partial charge on any atom is -0.494 e. The van der Waals surface area contributed by atoms with Crippen LogP contribution in [-0.2, 0) is 9.47 Å². The van der Waals surface area contributed by atoms with Crippen molar-refractivity contribution in [2.24, 2.45) is 0 Å². The molecule has 1 aromatic carbocycles. The van der Waals surface area contributed by atoms with Crippen molar-refractivity contribution in [2.75, 3.05) is 28.4 Å². The summed E-state index contributed by atoms with van der Waals surface area (Å²) in [5.41, 5.74) is 0.445. The second kappa shape index (κ2) is 6.54. The molecule has 4 nitrogen and oxygen atoms in total. The van der Waals surface area contributed by atoms with Crippen LogP contribution in [0, 0.1) is 5.82 Å². The number of rotatable bonds is 6. The van der Waals surface area contributed by atoms with Crippen LogP contribution in [0.1, 0.15) is 11.6 Å². The van der Waals surface area contributed by atoms with Gasteiger partial charge in [-0.15, -0.1) is 0 Å². The molecule has 0 spiro atoms. The Kier molecular flexibility index (Phi) is 5.34. The summed E-state index contributed by atoms with van der Waals surface area (Å²) < 4.78 is 29.3. The van der Waals surface area contributed by atoms with Crippen LogP contribution in [0.15, 0.2) is 18.2 Å². The third-order valence-electron chi connectivity index (χ3n) is 2.60. The van der Waals surface area contributed by atoms with E-state index in [1.807, 2.05) is 0 Å². The minimum absolute atomic E-state index is 0.203. The van der Waals surface area contributed by atoms with E-state index in [9.17, 15) is 4.39 Å². The molecule has 0 saturated carbocycles. The lowest BCUT2D eigenvalue weighted by Gasteiger charge is -2.25. The normalized spacial score (nSPS) is 12.8. The lowest BCUT2D eigenvalue weighted by molar-refractivity contribution is -0.123. The summed E-state index contributed by atoms with van der Waals surface area (Å²) in [5, 5.41) is 2.97. The van der Waals surface area contributed by atoms with E-state index in [1.165, 1.54) is 21.3 Å². The molecule has 1 N–H and O–H groups in total. The molecule has 0 heterocycles. The van der Waals surface area contributed by atoms with E-state index >= 15 is 0 Å². The predicted octanol–water partition coefficient (Wildman–Crippen LogP) is 1.71. The van der Waals surface area contributed by atoms with Gasteiger partial charge in [0, 0.05) is 19.8 Å². The van der Waals surface area contributed by atoms with Crippen molar-refractivity contribution < 1.29 is 18.6 Å². The maximum atomic E-state index is 14.1. The van der Waals surface area contributed by atoms with Crippen LogP contribution in [0.5, 0.6) is 5.75 Å². The SMILES string of the molecule is CNC(c1cccc(OC)c1F)C(OC)OC. The van der Waals surface area contributed by atoms with Gasteiger partial charge < -0.3 is 19.5 Å². The standard InChI is InChI=1S/C12H18FNO3/c1-14-11(12(16-3)17-4)8-6-5-7-9(15-2)10(8)13/h5-7,11-12,14H,1-4H3. The number of hydrogen-bond donors (Lipinski definition) is 1. The fraction of sp³-hybridized carbons (Fsp3) is 0.500. The van der Waals surface area contributed by atoms with Gasteiger partial charge in [-0.1, -0.05) is 12.1 Å². The number of likely N-dealkylation sites (N-methyl/N-ethyl adjacent to an activating group) is 1. The molecule has 5 heteroatoms. The Morgan fingerprint density at radius 2 is 1.82 bits per heavy atom. The molecule has 1 aromatic rings. The third kappa shape index (κ3) is 2.94. The largest absolute Gasteiger partial charge is 0.494 e. The average Bonchev–Trinajstić information content (AvgIpc) is 2.36. The Balaban J connectivity index is 3.11. The van der Waals surface area contributed by atoms with E-state index in [4.69, 9.17) is 14.2 Å². The van der Waals surface area contributed by atoms with Crippen LogP contribution in [-0.4, -0.2) is 34.7 Å². The molecular formula is C12H18FNO3. The Hall–Kier alpha value is -1.17. The van der Waals surface area contributed by atoms with Crippen molar-refractivity contribution in [1.82, 2.24) is 5.32 Å². The highest BCUT2D eigenvalue weighted by Gasteiger charge is 2.25. The van der Waals surface area contributed by atoms with Crippen molar-refractivity contribution in [2.45, 2.75) is 12.3 Å². The van der Waals surface area contributed by atoms with Crippen molar-refractivity contribution in [3.8, 4) is 5.75 Å². The Morgan fingerprint density at radius 1 is 1.18 bits per heavy atom. The molecule has 0 aliphatic rings. The first-order chi connectivity index (χ1) is 8.19. The number of nitrogens with one attached hydrogen (secondary N) is 1. The number of hydrogen-bond acceptors (Lipinski definition) is 4. The van der Waals surface area contributed by atoms with Crippen LogP contribution in [0.3, 0.4) is 0 Å². The summed E-state index contributed by atoms with van der Waals surface area (Å²) >= 11 is 0. The van der Waals surface area contributed by atoms with E-state index in [0.717, 1.165) is 0 Å². The van der Waals surface area contributed by atoms with Gasteiger partial charge in [0.25, 0.3) is 0 Å². The topological polar surface area (TPSA) is 39.7 Å². The lowest BCUT2D eigenvalue weighted by Crippen LogP contribution is -2.33. The summed E-state index contributed by atoms with van der Waals surface area (Å²) in [7, 11) is 6.17. The maximum absolute atomic E-state index is 14.1. The van der Waals surface area contributed by atoms with Gasteiger partial charge in [-0.2, -0.15) is 0 Å². The van der Waals surface area contributed by atoms with Crippen molar-refractivity contribution in [3.63, 3.8) is 0 Å². The number of methoxy groups -OCH3 is 3. The molecule has 1 unspecified atom stereocenters. The molecule has 0 saturated heterocycles. The minimum atomic E-state index is -0.568. The zero-order chi connectivity index (χ0) is 12.8. The van der Waals surface area contributed by atoms with E-state index in [1.54, 1.807) is 25.2 Å². The highest BCUT2D eigenvalue weighted by atomic mass is 19.1. The molecular weight excluding hydrogens is 225 g/mol. The zero-order valence-electron chi connectivity index (χ0n) is 10.5. The van der Waals surface area contributed by atoms with Crippen molar-refractivity contribution >= 4 is 0 Å². The van der Waals surface area contributed by atoms with Gasteiger partial charge in [-0.25, -0.2) is 4.39 Å². The molecule has 1 rings (SSSR count). The first kappa shape index (κ1) is 13.9. The summed E-state index contributed by atoms with van der Waals surface area (Å²) in [6.07, 6.45) is -0.568. The van der Waals surface area contributed by atoms with Crippen molar-refractivity contribution in [3.05, 3.63) is 29.6 Å². The van der Waals surface area contributed by atoms with Gasteiger partial charge in [0.1, 0.15) is 0 Å². The predicted molar refractivity (Wildman–Crippen MR) is 62.6 cm³/mol. The Morgan fingerprint density at radius 3 is 2.29 bits per heavy atom. The molecule has 0 aliphatic carbocycles. The second-order valence-electron chi connectivity index (χ2n) is 3.47. The molecule has 0 fully saturated rings. The zero-order valence-corrected chi connectivity index (χ0v) is 10.5. The molecule has 1 atom stereocenters. The molecule has 0 aliphatic heterocycles. The van der Waals surface area contributed by atoms with Crippen LogP contribution in [0.2, 0.25) is 0 Å². The molecule has 96 valence electrons. The molecule has 0 aromatic heterocycles. The van der Waals surface area contributed by atoms with Crippen LogP contribution >= 0.6 is 0 Å². The first-order valence-corrected chi connectivity index (χ1v) is 5.24. The summed E-state index contributed by atoms with van der Waals surface area (Å²) in [5.74, 6) is -0.206. The quantitative estimate of drug-likeness (QED) is 0.772. The Bertz CT molecular complexity index is 356. The summed E-state index contributed by atoms with van der Waals surface area (Å²) in [6.45, 7) is 0. The summed E-state index contributed by atoms with van der Waals surface area (Å²) in [4.78, 5) is 0. The lowest BCUT2D eigenvalue weighted by atomic mass is 10.1. The number of benzene rings is 1. The third-order valence-corrected chi connectivity index (χ3v) is 2.60. The van der Waals surface area contributed by atoms with Gasteiger partial charge in [0.2, 0.25) is 0 Å². The van der Waals surface area contributed by atoms with Crippen LogP contribution in [0.4, 0.5) is 4.39 Å². The van der Waals surface area contributed by atoms with E-state index in [-0.39, 0.29) is 5.75 Å². The van der Waals surface area contributed by atoms with E-state index < -0.39 is 18.1 Å². The molecule has 0 radical (unpaired) electrons. The Labute approximate surface area is 101 Å². The summed E-state index contributed by atoms with van der Waals surface area (Å²) in [6, 6.07) is 4.56. The molecule has 0 bridgehead atoms. The van der Waals surface area contributed by atoms with Crippen LogP contribution in [0.25, 0.3) is 0 Å². The monoisotopic (exact) mass is 243 g/mol. The fourth-order valence-corrected chi connectivity index (χ4v) is 1.73. The first-order valence-electron chi connectivity index (χ1n) is 5.24. The fourth-order valence-electron chi connectivity index (χ4n) is 1.73. The number of halogens is 1. The molecule has 17 heavy (non-hydrogen) atoms.